The SMILES string of the molecule is CN(Cl)C#N. The van der Waals surface area contributed by atoms with Crippen LogP contribution in [0.4, 0.5) is 0 Å². The minimum Gasteiger partial charge on any atom is -0.224 e. The Morgan fingerprint density at radius 1 is 2.00 bits per heavy atom. The number of rotatable bonds is 0. The predicted molar refractivity (Wildman–Crippen MR) is 19.2 cm³/mol. The highest BCUT2D eigenvalue weighted by Crippen LogP contribution is 1.76. The van der Waals surface area contributed by atoms with Gasteiger partial charge in [-0.3, -0.25) is 0 Å². The van der Waals surface area contributed by atoms with Crippen LogP contribution in [0.5, 0.6) is 0 Å². The molecule has 0 spiro atoms. The Hall–Kier alpha value is -0.420. The van der Waals surface area contributed by atoms with E-state index in [1.165, 1.54) is 7.05 Å². The Morgan fingerprint density at radius 3 is 2.20 bits per heavy atom. The van der Waals surface area contributed by atoms with Crippen molar-refractivity contribution in [1.82, 2.24) is 4.42 Å². The summed E-state index contributed by atoms with van der Waals surface area (Å²) in [5, 5.41) is 7.69. The monoisotopic (exact) mass is 90.0 g/mol. The van der Waals surface area contributed by atoms with E-state index in [0.29, 0.717) is 0 Å². The first-order chi connectivity index (χ1) is 2.27. The van der Waals surface area contributed by atoms with Gasteiger partial charge in [-0.05, 0) is 0 Å². The first-order valence-corrected chi connectivity index (χ1v) is 1.40. The fourth-order valence-corrected chi connectivity index (χ4v) is 0. The first-order valence-electron chi connectivity index (χ1n) is 1.06. The second-order valence-corrected chi connectivity index (χ2v) is 1.08. The van der Waals surface area contributed by atoms with Crippen LogP contribution < -0.4 is 0 Å². The van der Waals surface area contributed by atoms with Crippen LogP contribution in [0.15, 0.2) is 0 Å². The molecule has 0 aliphatic carbocycles. The third-order valence-electron chi connectivity index (χ3n) is 0.138. The Morgan fingerprint density at radius 2 is 2.20 bits per heavy atom. The number of halogens is 1. The van der Waals surface area contributed by atoms with Crippen LogP contribution in [0.25, 0.3) is 0 Å². The molecule has 0 radical (unpaired) electrons. The largest absolute Gasteiger partial charge is 0.224 e. The molecule has 0 aromatic rings. The summed E-state index contributed by atoms with van der Waals surface area (Å²) in [5.41, 5.74) is 0. The van der Waals surface area contributed by atoms with Crippen molar-refractivity contribution in [3.05, 3.63) is 0 Å². The average molecular weight is 90.5 g/mol. The van der Waals surface area contributed by atoms with E-state index in [2.05, 4.69) is 0 Å². The van der Waals surface area contributed by atoms with E-state index in [4.69, 9.17) is 17.0 Å². The highest BCUT2D eigenvalue weighted by Gasteiger charge is 1.71. The van der Waals surface area contributed by atoms with E-state index < -0.39 is 0 Å². The summed E-state index contributed by atoms with van der Waals surface area (Å²) in [7, 11) is 1.46. The lowest BCUT2D eigenvalue weighted by molar-refractivity contribution is 0.775. The molecule has 0 bridgehead atoms. The van der Waals surface area contributed by atoms with Crippen molar-refractivity contribution in [3.8, 4) is 6.19 Å². The van der Waals surface area contributed by atoms with Crippen molar-refractivity contribution in [2.75, 3.05) is 7.05 Å². The maximum absolute atomic E-state index is 7.69. The Balaban J connectivity index is 2.94. The van der Waals surface area contributed by atoms with E-state index in [1.807, 2.05) is 0 Å². The standard InChI is InChI=1S/C2H3ClN2/c1-5(3)2-4/h1H3. The minimum absolute atomic E-state index is 0.903. The lowest BCUT2D eigenvalue weighted by Gasteiger charge is -1.84. The van der Waals surface area contributed by atoms with Crippen LogP contribution in [0.1, 0.15) is 0 Å². The van der Waals surface area contributed by atoms with Gasteiger partial charge in [0.2, 0.25) is 0 Å². The zero-order valence-electron chi connectivity index (χ0n) is 2.77. The Kier molecular flexibility index (Phi) is 1.70. The second-order valence-electron chi connectivity index (χ2n) is 0.577. The molecule has 0 rings (SSSR count). The van der Waals surface area contributed by atoms with Crippen molar-refractivity contribution in [3.63, 3.8) is 0 Å². The maximum Gasteiger partial charge on any atom is 0.195 e. The first kappa shape index (κ1) is 4.58. The van der Waals surface area contributed by atoms with E-state index in [9.17, 15) is 0 Å². The molecule has 0 unspecified atom stereocenters. The molecule has 2 nitrogen and oxygen atoms in total. The summed E-state index contributed by atoms with van der Waals surface area (Å²) in [5.74, 6) is 0. The molecule has 0 heterocycles. The molecular weight excluding hydrogens is 87.5 g/mol. The quantitative estimate of drug-likeness (QED) is 0.247. The average Bonchev–Trinajstić information content (AvgIpc) is 1.38. The van der Waals surface area contributed by atoms with Crippen LogP contribution in [-0.4, -0.2) is 11.5 Å². The summed E-state index contributed by atoms with van der Waals surface area (Å²) in [6.07, 6.45) is 1.63. The Labute approximate surface area is 35.7 Å². The van der Waals surface area contributed by atoms with Gasteiger partial charge in [0.15, 0.2) is 6.19 Å². The molecule has 0 amide bonds. The molecule has 0 N–H and O–H groups in total. The summed E-state index contributed by atoms with van der Waals surface area (Å²) in [4.78, 5) is 0. The molecule has 0 fully saturated rings. The van der Waals surface area contributed by atoms with Gasteiger partial charge in [-0.2, -0.15) is 5.26 Å². The van der Waals surface area contributed by atoms with Gasteiger partial charge >= 0.3 is 0 Å². The lowest BCUT2D eigenvalue weighted by atomic mass is 11.2. The third kappa shape index (κ3) is 3.58. The number of hydrogen-bond acceptors (Lipinski definition) is 2. The van der Waals surface area contributed by atoms with Gasteiger partial charge in [-0.1, -0.05) is 0 Å². The molecule has 0 saturated heterocycles. The van der Waals surface area contributed by atoms with E-state index in [0.717, 1.165) is 4.42 Å². The molecule has 0 aliphatic heterocycles. The highest BCUT2D eigenvalue weighted by atomic mass is 35.5. The fourth-order valence-electron chi connectivity index (χ4n) is 0. The molecule has 5 heavy (non-hydrogen) atoms. The minimum atomic E-state index is 0.903. The summed E-state index contributed by atoms with van der Waals surface area (Å²) < 4.78 is 0.903. The summed E-state index contributed by atoms with van der Waals surface area (Å²) in [6.45, 7) is 0. The normalized spacial score (nSPS) is 5.80. The van der Waals surface area contributed by atoms with Crippen molar-refractivity contribution in [2.45, 2.75) is 0 Å². The van der Waals surface area contributed by atoms with E-state index >= 15 is 0 Å². The number of hydrogen-bond donors (Lipinski definition) is 0. The number of nitriles is 1. The predicted octanol–water partition coefficient (Wildman–Crippen LogP) is 0.553. The van der Waals surface area contributed by atoms with Crippen molar-refractivity contribution in [1.29, 1.82) is 5.26 Å². The van der Waals surface area contributed by atoms with Gasteiger partial charge in [-0.25, -0.2) is 4.42 Å². The molecule has 0 aliphatic rings. The fraction of sp³-hybridized carbons (Fsp3) is 0.500. The molecule has 0 saturated carbocycles. The van der Waals surface area contributed by atoms with Gasteiger partial charge in [0.05, 0.1) is 0 Å². The van der Waals surface area contributed by atoms with Gasteiger partial charge in [-0.15, -0.1) is 0 Å². The lowest BCUT2D eigenvalue weighted by Crippen LogP contribution is -1.88. The second kappa shape index (κ2) is 1.86. The van der Waals surface area contributed by atoms with Gasteiger partial charge in [0.1, 0.15) is 0 Å². The molecule has 28 valence electrons. The van der Waals surface area contributed by atoms with Crippen LogP contribution in [-0.2, 0) is 0 Å². The molecular formula is C2H3ClN2. The Bertz CT molecular complexity index is 53.2. The van der Waals surface area contributed by atoms with Crippen LogP contribution in [0.3, 0.4) is 0 Å². The number of nitrogens with zero attached hydrogens (tertiary/aromatic N) is 2. The maximum atomic E-state index is 7.69. The topological polar surface area (TPSA) is 27.0 Å². The highest BCUT2D eigenvalue weighted by molar-refractivity contribution is 6.14. The van der Waals surface area contributed by atoms with E-state index in [1.54, 1.807) is 6.19 Å². The van der Waals surface area contributed by atoms with Gasteiger partial charge in [0, 0.05) is 18.8 Å². The molecule has 0 aromatic heterocycles. The zero-order chi connectivity index (χ0) is 4.28. The van der Waals surface area contributed by atoms with Crippen molar-refractivity contribution in [2.24, 2.45) is 0 Å². The smallest absolute Gasteiger partial charge is 0.195 e. The van der Waals surface area contributed by atoms with Crippen LogP contribution >= 0.6 is 11.8 Å². The van der Waals surface area contributed by atoms with Crippen molar-refractivity contribution >= 4 is 11.8 Å². The van der Waals surface area contributed by atoms with Gasteiger partial charge in [0.25, 0.3) is 0 Å². The van der Waals surface area contributed by atoms with Crippen LogP contribution in [0.2, 0.25) is 0 Å². The molecule has 0 atom stereocenters. The summed E-state index contributed by atoms with van der Waals surface area (Å²) >= 11 is 4.93. The van der Waals surface area contributed by atoms with Crippen LogP contribution in [0, 0.1) is 11.5 Å². The third-order valence-corrected chi connectivity index (χ3v) is 0.213. The molecule has 3 heteroatoms. The van der Waals surface area contributed by atoms with Crippen molar-refractivity contribution < 1.29 is 0 Å². The van der Waals surface area contributed by atoms with E-state index in [-0.39, 0.29) is 0 Å². The molecule has 0 aromatic carbocycles. The van der Waals surface area contributed by atoms with Gasteiger partial charge < -0.3 is 0 Å². The zero-order valence-corrected chi connectivity index (χ0v) is 3.53. The summed E-state index contributed by atoms with van der Waals surface area (Å²) in [6, 6.07) is 0.